The van der Waals surface area contributed by atoms with Gasteiger partial charge in [-0.3, -0.25) is 19.7 Å². The minimum atomic E-state index is -0.571. The summed E-state index contributed by atoms with van der Waals surface area (Å²) in [4.78, 5) is 37.4. The van der Waals surface area contributed by atoms with E-state index >= 15 is 0 Å². The number of benzene rings is 2. The molecule has 8 heteroatoms. The maximum Gasteiger partial charge on any atom is 0.269 e. The van der Waals surface area contributed by atoms with E-state index in [2.05, 4.69) is 5.32 Å². The first kappa shape index (κ1) is 24.4. The Morgan fingerprint density at radius 2 is 1.68 bits per heavy atom. The van der Waals surface area contributed by atoms with Crippen LogP contribution in [0.15, 0.2) is 54.6 Å². The highest BCUT2D eigenvalue weighted by molar-refractivity contribution is 7.99. The maximum atomic E-state index is 13.0. The Kier molecular flexibility index (Phi) is 9.52. The van der Waals surface area contributed by atoms with Gasteiger partial charge in [-0.2, -0.15) is 0 Å². The van der Waals surface area contributed by atoms with Crippen molar-refractivity contribution in [3.63, 3.8) is 0 Å². The van der Waals surface area contributed by atoms with Gasteiger partial charge >= 0.3 is 0 Å². The van der Waals surface area contributed by atoms with Crippen LogP contribution in [-0.4, -0.2) is 46.0 Å². The van der Waals surface area contributed by atoms with Gasteiger partial charge in [0.15, 0.2) is 0 Å². The van der Waals surface area contributed by atoms with Crippen molar-refractivity contribution >= 4 is 29.3 Å². The van der Waals surface area contributed by atoms with Crippen LogP contribution in [0.2, 0.25) is 0 Å². The molecule has 0 aliphatic rings. The molecule has 2 aromatic rings. The van der Waals surface area contributed by atoms with E-state index in [-0.39, 0.29) is 29.3 Å². The minimum Gasteiger partial charge on any atom is -0.352 e. The Morgan fingerprint density at radius 1 is 1.03 bits per heavy atom. The molecule has 1 atom stereocenters. The molecule has 31 heavy (non-hydrogen) atoms. The number of nitro groups is 1. The van der Waals surface area contributed by atoms with E-state index < -0.39 is 11.0 Å². The molecule has 2 rings (SSSR count). The summed E-state index contributed by atoms with van der Waals surface area (Å²) in [7, 11) is 0. The number of carbonyl (C=O) groups is 2. The molecular weight excluding hydrogens is 414 g/mol. The molecule has 2 amide bonds. The molecule has 0 saturated carbocycles. The number of nitrogens with zero attached hydrogens (tertiary/aromatic N) is 2. The van der Waals surface area contributed by atoms with E-state index in [4.69, 9.17) is 0 Å². The molecule has 0 unspecified atom stereocenters. The second kappa shape index (κ2) is 12.1. The van der Waals surface area contributed by atoms with Gasteiger partial charge < -0.3 is 10.2 Å². The number of thioether (sulfide) groups is 1. The summed E-state index contributed by atoms with van der Waals surface area (Å²) >= 11 is 1.43. The Bertz CT molecular complexity index is 872. The van der Waals surface area contributed by atoms with Gasteiger partial charge in [-0.25, -0.2) is 0 Å². The number of nitrogens with one attached hydrogen (secondary N) is 1. The van der Waals surface area contributed by atoms with Crippen LogP contribution in [0.3, 0.4) is 0 Å². The molecule has 0 radical (unpaired) electrons. The molecule has 0 fully saturated rings. The Morgan fingerprint density at radius 3 is 2.26 bits per heavy atom. The van der Waals surface area contributed by atoms with E-state index in [0.717, 1.165) is 11.1 Å². The second-order valence-corrected chi connectivity index (χ2v) is 8.56. The largest absolute Gasteiger partial charge is 0.352 e. The van der Waals surface area contributed by atoms with Crippen LogP contribution < -0.4 is 5.32 Å². The summed E-state index contributed by atoms with van der Waals surface area (Å²) < 4.78 is 0. The summed E-state index contributed by atoms with van der Waals surface area (Å²) in [5.74, 6) is 0.513. The number of amides is 2. The highest BCUT2D eigenvalue weighted by Gasteiger charge is 2.25. The van der Waals surface area contributed by atoms with Crippen molar-refractivity contribution in [1.29, 1.82) is 0 Å². The average molecular weight is 444 g/mol. The molecule has 166 valence electrons. The van der Waals surface area contributed by atoms with Crippen LogP contribution in [-0.2, 0) is 21.8 Å². The molecule has 2 aromatic carbocycles. The lowest BCUT2D eigenvalue weighted by atomic mass is 10.1. The molecule has 0 heterocycles. The third-order valence-electron chi connectivity index (χ3n) is 4.72. The van der Waals surface area contributed by atoms with Gasteiger partial charge in [-0.05, 0) is 38.3 Å². The van der Waals surface area contributed by atoms with E-state index in [9.17, 15) is 19.7 Å². The number of hydrogen-bond acceptors (Lipinski definition) is 5. The third kappa shape index (κ3) is 8.05. The fraction of sp³-hybridized carbons (Fsp3) is 0.391. The van der Waals surface area contributed by atoms with Crippen molar-refractivity contribution in [2.24, 2.45) is 0 Å². The van der Waals surface area contributed by atoms with Crippen molar-refractivity contribution in [2.45, 2.75) is 45.0 Å². The SMILES string of the molecule is CC(C)NC(=O)[C@H](C)N(CCc1ccccc1)C(=O)CSCc1ccc([N+](=O)[O-])cc1. The van der Waals surface area contributed by atoms with Crippen molar-refractivity contribution in [1.82, 2.24) is 10.2 Å². The van der Waals surface area contributed by atoms with Crippen LogP contribution >= 0.6 is 11.8 Å². The van der Waals surface area contributed by atoms with Crippen LogP contribution in [0.4, 0.5) is 5.69 Å². The summed E-state index contributed by atoms with van der Waals surface area (Å²) in [6.45, 7) is 5.98. The van der Waals surface area contributed by atoms with Crippen LogP contribution in [0.1, 0.15) is 31.9 Å². The van der Waals surface area contributed by atoms with Gasteiger partial charge in [0.1, 0.15) is 6.04 Å². The van der Waals surface area contributed by atoms with Gasteiger partial charge in [0.25, 0.3) is 5.69 Å². The number of nitro benzene ring substituents is 1. The lowest BCUT2D eigenvalue weighted by molar-refractivity contribution is -0.384. The predicted molar refractivity (Wildman–Crippen MR) is 124 cm³/mol. The normalized spacial score (nSPS) is 11.7. The van der Waals surface area contributed by atoms with E-state index in [1.807, 2.05) is 44.2 Å². The maximum absolute atomic E-state index is 13.0. The summed E-state index contributed by atoms with van der Waals surface area (Å²) in [5.41, 5.74) is 2.06. The first-order valence-corrected chi connectivity index (χ1v) is 11.4. The highest BCUT2D eigenvalue weighted by Crippen LogP contribution is 2.18. The summed E-state index contributed by atoms with van der Waals surface area (Å²) in [5, 5.41) is 13.6. The molecule has 0 aromatic heterocycles. The molecule has 0 spiro atoms. The van der Waals surface area contributed by atoms with Crippen LogP contribution in [0.5, 0.6) is 0 Å². The predicted octanol–water partition coefficient (Wildman–Crippen LogP) is 3.81. The van der Waals surface area contributed by atoms with Crippen LogP contribution in [0.25, 0.3) is 0 Å². The zero-order chi connectivity index (χ0) is 22.8. The van der Waals surface area contributed by atoms with Gasteiger partial charge in [-0.1, -0.05) is 42.5 Å². The standard InChI is InChI=1S/C23H29N3O4S/c1-17(2)24-23(28)18(3)25(14-13-19-7-5-4-6-8-19)22(27)16-31-15-20-9-11-21(12-10-20)26(29)30/h4-12,17-18H,13-16H2,1-3H3,(H,24,28)/t18-/m0/s1. The molecule has 0 bridgehead atoms. The van der Waals surface area contributed by atoms with Crippen molar-refractivity contribution in [3.05, 3.63) is 75.8 Å². The lowest BCUT2D eigenvalue weighted by Crippen LogP contribution is -2.50. The topological polar surface area (TPSA) is 92.6 Å². The van der Waals surface area contributed by atoms with E-state index in [1.165, 1.54) is 23.9 Å². The summed E-state index contributed by atoms with van der Waals surface area (Å²) in [6.07, 6.45) is 0.666. The van der Waals surface area contributed by atoms with Gasteiger partial charge in [0.2, 0.25) is 11.8 Å². The Labute approximate surface area is 187 Å². The monoisotopic (exact) mass is 443 g/mol. The number of carbonyl (C=O) groups excluding carboxylic acids is 2. The zero-order valence-electron chi connectivity index (χ0n) is 18.1. The first-order valence-electron chi connectivity index (χ1n) is 10.2. The van der Waals surface area contributed by atoms with Gasteiger partial charge in [-0.15, -0.1) is 11.8 Å². The summed E-state index contributed by atoms with van der Waals surface area (Å²) in [6, 6.07) is 15.6. The molecule has 7 nitrogen and oxygen atoms in total. The third-order valence-corrected chi connectivity index (χ3v) is 5.71. The molecule has 0 aliphatic carbocycles. The molecular formula is C23H29N3O4S. The number of rotatable bonds is 11. The van der Waals surface area contributed by atoms with Crippen molar-refractivity contribution in [3.8, 4) is 0 Å². The van der Waals surface area contributed by atoms with E-state index in [1.54, 1.807) is 24.0 Å². The van der Waals surface area contributed by atoms with Crippen molar-refractivity contribution < 1.29 is 14.5 Å². The van der Waals surface area contributed by atoms with Gasteiger partial charge in [0, 0.05) is 30.5 Å². The smallest absolute Gasteiger partial charge is 0.269 e. The lowest BCUT2D eigenvalue weighted by Gasteiger charge is -2.29. The molecule has 1 N–H and O–H groups in total. The quantitative estimate of drug-likeness (QED) is 0.421. The minimum absolute atomic E-state index is 0.00228. The molecule has 0 aliphatic heterocycles. The number of non-ortho nitro benzene ring substituents is 1. The van der Waals surface area contributed by atoms with Crippen LogP contribution in [0, 0.1) is 10.1 Å². The Hall–Kier alpha value is -2.87. The van der Waals surface area contributed by atoms with Crippen molar-refractivity contribution in [2.75, 3.05) is 12.3 Å². The molecule has 0 saturated heterocycles. The number of hydrogen-bond donors (Lipinski definition) is 1. The Balaban J connectivity index is 1.98. The average Bonchev–Trinajstić information content (AvgIpc) is 2.74. The fourth-order valence-corrected chi connectivity index (χ4v) is 3.90. The second-order valence-electron chi connectivity index (χ2n) is 7.58. The fourth-order valence-electron chi connectivity index (χ4n) is 3.03. The first-order chi connectivity index (χ1) is 14.8. The van der Waals surface area contributed by atoms with Gasteiger partial charge in [0.05, 0.1) is 10.7 Å². The van der Waals surface area contributed by atoms with E-state index in [0.29, 0.717) is 18.7 Å². The highest BCUT2D eigenvalue weighted by atomic mass is 32.2. The zero-order valence-corrected chi connectivity index (χ0v) is 18.9.